The molecular weight excluding hydrogens is 206 g/mol. The zero-order valence-corrected chi connectivity index (χ0v) is 10.9. The van der Waals surface area contributed by atoms with Gasteiger partial charge < -0.3 is 14.4 Å². The van der Waals surface area contributed by atoms with Crippen molar-refractivity contribution in [3.8, 4) is 0 Å². The molecule has 0 aromatic carbocycles. The molecule has 4 nitrogen and oxygen atoms in total. The van der Waals surface area contributed by atoms with Gasteiger partial charge in [0.25, 0.3) is 0 Å². The van der Waals surface area contributed by atoms with Gasteiger partial charge in [0.2, 0.25) is 5.91 Å². The molecule has 4 heteroatoms. The van der Waals surface area contributed by atoms with E-state index >= 15 is 0 Å². The summed E-state index contributed by atoms with van der Waals surface area (Å²) in [6.07, 6.45) is 0.844. The monoisotopic (exact) mass is 229 g/mol. The summed E-state index contributed by atoms with van der Waals surface area (Å²) in [5.74, 6) is -0.469. The fraction of sp³-hybridized carbons (Fsp3) is 0.917. The van der Waals surface area contributed by atoms with Crippen LogP contribution in [0.15, 0.2) is 0 Å². The summed E-state index contributed by atoms with van der Waals surface area (Å²) in [5, 5.41) is 0. The third-order valence-electron chi connectivity index (χ3n) is 3.24. The van der Waals surface area contributed by atoms with Crippen molar-refractivity contribution in [2.75, 3.05) is 27.3 Å². The van der Waals surface area contributed by atoms with Gasteiger partial charge in [-0.3, -0.25) is 4.79 Å². The van der Waals surface area contributed by atoms with Crippen molar-refractivity contribution >= 4 is 5.91 Å². The van der Waals surface area contributed by atoms with Crippen LogP contribution in [0.4, 0.5) is 0 Å². The predicted octanol–water partition coefficient (Wildman–Crippen LogP) is 1.50. The van der Waals surface area contributed by atoms with Crippen LogP contribution >= 0.6 is 0 Å². The van der Waals surface area contributed by atoms with Crippen LogP contribution in [0.5, 0.6) is 0 Å². The molecule has 0 aromatic heterocycles. The van der Waals surface area contributed by atoms with E-state index in [1.807, 2.05) is 13.8 Å². The zero-order valence-electron chi connectivity index (χ0n) is 10.9. The van der Waals surface area contributed by atoms with E-state index in [0.29, 0.717) is 13.2 Å². The highest BCUT2D eigenvalue weighted by Gasteiger charge is 2.58. The number of amides is 1. The van der Waals surface area contributed by atoms with Crippen molar-refractivity contribution in [1.29, 1.82) is 0 Å². The molecule has 0 saturated heterocycles. The number of ether oxygens (including phenoxy) is 2. The van der Waals surface area contributed by atoms with Crippen molar-refractivity contribution in [1.82, 2.24) is 4.90 Å². The standard InChI is InChI=1S/C12H23NO3/c1-6-15-12(16-7-2)9(3)8-10(12)11(14)13(4)5/h9-10H,6-8H2,1-5H3/t9-,10-/m1/s1. The van der Waals surface area contributed by atoms with Crippen molar-refractivity contribution in [2.24, 2.45) is 11.8 Å². The molecule has 1 amide bonds. The predicted molar refractivity (Wildman–Crippen MR) is 61.9 cm³/mol. The van der Waals surface area contributed by atoms with E-state index in [0.717, 1.165) is 6.42 Å². The molecule has 0 spiro atoms. The first-order valence-corrected chi connectivity index (χ1v) is 5.98. The fourth-order valence-corrected chi connectivity index (χ4v) is 2.43. The second kappa shape index (κ2) is 5.15. The molecule has 1 saturated carbocycles. The lowest BCUT2D eigenvalue weighted by Crippen LogP contribution is -2.63. The van der Waals surface area contributed by atoms with Crippen LogP contribution in [0.1, 0.15) is 27.2 Å². The van der Waals surface area contributed by atoms with Crippen LogP contribution in [0.2, 0.25) is 0 Å². The average Bonchev–Trinajstić information content (AvgIpc) is 2.24. The normalized spacial score (nSPS) is 27.3. The van der Waals surface area contributed by atoms with E-state index in [-0.39, 0.29) is 17.7 Å². The second-order valence-corrected chi connectivity index (χ2v) is 4.51. The Hall–Kier alpha value is -0.610. The molecule has 0 aromatic rings. The quantitative estimate of drug-likeness (QED) is 0.671. The Morgan fingerprint density at radius 2 is 1.81 bits per heavy atom. The van der Waals surface area contributed by atoms with Gasteiger partial charge in [0.05, 0.1) is 5.92 Å². The van der Waals surface area contributed by atoms with Crippen molar-refractivity contribution in [3.05, 3.63) is 0 Å². The number of hydrogen-bond acceptors (Lipinski definition) is 3. The van der Waals surface area contributed by atoms with Crippen molar-refractivity contribution in [2.45, 2.75) is 33.0 Å². The summed E-state index contributed by atoms with van der Waals surface area (Å²) in [7, 11) is 3.54. The topological polar surface area (TPSA) is 38.8 Å². The van der Waals surface area contributed by atoms with Crippen LogP contribution in [0, 0.1) is 11.8 Å². The molecule has 2 atom stereocenters. The Labute approximate surface area is 97.9 Å². The molecule has 0 aliphatic heterocycles. The highest BCUT2D eigenvalue weighted by Crippen LogP contribution is 2.48. The van der Waals surface area contributed by atoms with E-state index in [2.05, 4.69) is 6.92 Å². The van der Waals surface area contributed by atoms with E-state index in [4.69, 9.17) is 9.47 Å². The second-order valence-electron chi connectivity index (χ2n) is 4.51. The molecule has 0 radical (unpaired) electrons. The van der Waals surface area contributed by atoms with Crippen LogP contribution < -0.4 is 0 Å². The summed E-state index contributed by atoms with van der Waals surface area (Å²) < 4.78 is 11.5. The fourth-order valence-electron chi connectivity index (χ4n) is 2.43. The first kappa shape index (κ1) is 13.5. The molecule has 1 aliphatic carbocycles. The molecule has 0 bridgehead atoms. The molecule has 1 rings (SSSR count). The smallest absolute Gasteiger partial charge is 0.230 e. The average molecular weight is 229 g/mol. The Kier molecular flexibility index (Phi) is 4.33. The highest BCUT2D eigenvalue weighted by molar-refractivity contribution is 5.80. The summed E-state index contributed by atoms with van der Waals surface area (Å²) in [6.45, 7) is 7.08. The Balaban J connectivity index is 2.82. The molecular formula is C12H23NO3. The van der Waals surface area contributed by atoms with Gasteiger partial charge in [0.1, 0.15) is 0 Å². The Morgan fingerprint density at radius 3 is 2.12 bits per heavy atom. The third kappa shape index (κ3) is 2.09. The number of hydrogen-bond donors (Lipinski definition) is 0. The van der Waals surface area contributed by atoms with Gasteiger partial charge in [-0.2, -0.15) is 0 Å². The lowest BCUT2D eigenvalue weighted by atomic mass is 9.68. The van der Waals surface area contributed by atoms with E-state index in [1.54, 1.807) is 19.0 Å². The Morgan fingerprint density at radius 1 is 1.31 bits per heavy atom. The van der Waals surface area contributed by atoms with E-state index in [1.165, 1.54) is 0 Å². The van der Waals surface area contributed by atoms with Gasteiger partial charge in [-0.1, -0.05) is 6.92 Å². The minimum Gasteiger partial charge on any atom is -0.349 e. The maximum atomic E-state index is 12.0. The van der Waals surface area contributed by atoms with Gasteiger partial charge in [-0.25, -0.2) is 0 Å². The van der Waals surface area contributed by atoms with Gasteiger partial charge in [0, 0.05) is 33.2 Å². The van der Waals surface area contributed by atoms with Gasteiger partial charge in [-0.15, -0.1) is 0 Å². The van der Waals surface area contributed by atoms with Gasteiger partial charge >= 0.3 is 0 Å². The molecule has 0 N–H and O–H groups in total. The number of carbonyl (C=O) groups is 1. The minimum absolute atomic E-state index is 0.0972. The summed E-state index contributed by atoms with van der Waals surface area (Å²) >= 11 is 0. The van der Waals surface area contributed by atoms with Crippen molar-refractivity contribution in [3.63, 3.8) is 0 Å². The lowest BCUT2D eigenvalue weighted by Gasteiger charge is -2.52. The summed E-state index contributed by atoms with van der Waals surface area (Å²) in [5.41, 5.74) is 0. The van der Waals surface area contributed by atoms with Crippen LogP contribution in [-0.2, 0) is 14.3 Å². The largest absolute Gasteiger partial charge is 0.349 e. The first-order valence-electron chi connectivity index (χ1n) is 5.98. The molecule has 1 aliphatic rings. The molecule has 0 unspecified atom stereocenters. The van der Waals surface area contributed by atoms with Crippen molar-refractivity contribution < 1.29 is 14.3 Å². The van der Waals surface area contributed by atoms with Crippen LogP contribution in [0.3, 0.4) is 0 Å². The molecule has 94 valence electrons. The SMILES string of the molecule is CCOC1(OCC)[C@H](C)C[C@@H]1C(=O)N(C)C. The van der Waals surface area contributed by atoms with E-state index in [9.17, 15) is 4.79 Å². The molecule has 1 fully saturated rings. The number of rotatable bonds is 5. The Bertz CT molecular complexity index is 247. The molecule has 0 heterocycles. The van der Waals surface area contributed by atoms with Gasteiger partial charge in [0.15, 0.2) is 5.79 Å². The lowest BCUT2D eigenvalue weighted by molar-refractivity contribution is -0.330. The first-order chi connectivity index (χ1) is 7.49. The minimum atomic E-state index is -0.690. The summed E-state index contributed by atoms with van der Waals surface area (Å²) in [6, 6.07) is 0. The highest BCUT2D eigenvalue weighted by atomic mass is 16.7. The number of nitrogens with zero attached hydrogens (tertiary/aromatic N) is 1. The van der Waals surface area contributed by atoms with Gasteiger partial charge in [-0.05, 0) is 20.3 Å². The summed E-state index contributed by atoms with van der Waals surface area (Å²) in [4.78, 5) is 13.6. The van der Waals surface area contributed by atoms with E-state index < -0.39 is 5.79 Å². The number of carbonyl (C=O) groups excluding carboxylic acids is 1. The zero-order chi connectivity index (χ0) is 12.3. The maximum Gasteiger partial charge on any atom is 0.230 e. The van der Waals surface area contributed by atoms with Crippen LogP contribution in [-0.4, -0.2) is 43.9 Å². The maximum absolute atomic E-state index is 12.0. The molecule has 16 heavy (non-hydrogen) atoms. The third-order valence-corrected chi connectivity index (χ3v) is 3.24. The van der Waals surface area contributed by atoms with Crippen LogP contribution in [0.25, 0.3) is 0 Å².